The van der Waals surface area contributed by atoms with Gasteiger partial charge in [-0.2, -0.15) is 0 Å². The quantitative estimate of drug-likeness (QED) is 0.866. The largest absolute Gasteiger partial charge is 0.349 e. The van der Waals surface area contributed by atoms with Crippen molar-refractivity contribution in [1.82, 2.24) is 5.32 Å². The number of hydrogen-bond acceptors (Lipinski definition) is 1. The molecule has 1 aromatic rings. The number of benzene rings is 1. The molecule has 1 saturated carbocycles. The molecule has 0 radical (unpaired) electrons. The Bertz CT molecular complexity index is 472. The van der Waals surface area contributed by atoms with E-state index in [1.807, 2.05) is 6.92 Å². The zero-order valence-corrected chi connectivity index (χ0v) is 11.9. The summed E-state index contributed by atoms with van der Waals surface area (Å²) < 4.78 is 13.7. The van der Waals surface area contributed by atoms with Gasteiger partial charge >= 0.3 is 0 Å². The normalized spacial score (nSPS) is 27.1. The first-order valence-corrected chi connectivity index (χ1v) is 7.04. The highest BCUT2D eigenvalue weighted by atomic mass is 19.1. The molecule has 0 spiro atoms. The molecule has 3 atom stereocenters. The second-order valence-electron chi connectivity index (χ2n) is 5.92. The van der Waals surface area contributed by atoms with Crippen LogP contribution in [0.15, 0.2) is 18.2 Å². The van der Waals surface area contributed by atoms with Crippen molar-refractivity contribution in [3.05, 3.63) is 35.1 Å². The van der Waals surface area contributed by atoms with Gasteiger partial charge in [-0.05, 0) is 55.7 Å². The predicted molar refractivity (Wildman–Crippen MR) is 74.6 cm³/mol. The van der Waals surface area contributed by atoms with E-state index >= 15 is 0 Å². The number of rotatable bonds is 2. The number of carbonyl (C=O) groups excluding carboxylic acids is 1. The number of carbonyl (C=O) groups is 1. The molecule has 19 heavy (non-hydrogen) atoms. The van der Waals surface area contributed by atoms with E-state index < -0.39 is 5.82 Å². The fourth-order valence-electron chi connectivity index (χ4n) is 2.75. The molecule has 0 aromatic heterocycles. The van der Waals surface area contributed by atoms with E-state index in [4.69, 9.17) is 0 Å². The summed E-state index contributed by atoms with van der Waals surface area (Å²) in [5.74, 6) is 0.602. The molecule has 1 aliphatic rings. The van der Waals surface area contributed by atoms with Gasteiger partial charge in [-0.1, -0.05) is 19.9 Å². The molecule has 0 saturated heterocycles. The fourth-order valence-corrected chi connectivity index (χ4v) is 2.75. The van der Waals surface area contributed by atoms with Crippen LogP contribution in [0.1, 0.15) is 49.0 Å². The van der Waals surface area contributed by atoms with Gasteiger partial charge < -0.3 is 5.32 Å². The lowest BCUT2D eigenvalue weighted by atomic mass is 9.79. The van der Waals surface area contributed by atoms with Crippen LogP contribution < -0.4 is 5.32 Å². The molecule has 3 unspecified atom stereocenters. The topological polar surface area (TPSA) is 29.1 Å². The second kappa shape index (κ2) is 5.72. The average molecular weight is 263 g/mol. The van der Waals surface area contributed by atoms with Crippen LogP contribution in [0.25, 0.3) is 0 Å². The van der Waals surface area contributed by atoms with Crippen molar-refractivity contribution in [3.63, 3.8) is 0 Å². The SMILES string of the molecule is Cc1ccc(C(=O)NC2CCC(C)C(C)C2)c(F)c1. The Labute approximate surface area is 114 Å². The van der Waals surface area contributed by atoms with E-state index in [9.17, 15) is 9.18 Å². The highest BCUT2D eigenvalue weighted by molar-refractivity contribution is 5.94. The lowest BCUT2D eigenvalue weighted by Gasteiger charge is -2.32. The Hall–Kier alpha value is -1.38. The summed E-state index contributed by atoms with van der Waals surface area (Å²) in [5, 5.41) is 2.97. The minimum Gasteiger partial charge on any atom is -0.349 e. The summed E-state index contributed by atoms with van der Waals surface area (Å²) in [4.78, 5) is 12.1. The van der Waals surface area contributed by atoms with Crippen molar-refractivity contribution in [2.24, 2.45) is 11.8 Å². The first kappa shape index (κ1) is 14.0. The first-order valence-electron chi connectivity index (χ1n) is 7.04. The molecule has 2 nitrogen and oxygen atoms in total. The molecule has 2 rings (SSSR count). The van der Waals surface area contributed by atoms with Gasteiger partial charge in [0.15, 0.2) is 0 Å². The molecule has 104 valence electrons. The zero-order chi connectivity index (χ0) is 14.0. The third-order valence-corrected chi connectivity index (χ3v) is 4.30. The summed E-state index contributed by atoms with van der Waals surface area (Å²) >= 11 is 0. The van der Waals surface area contributed by atoms with Gasteiger partial charge in [0.1, 0.15) is 5.82 Å². The molecule has 0 aliphatic heterocycles. The number of amides is 1. The van der Waals surface area contributed by atoms with Crippen molar-refractivity contribution in [2.45, 2.75) is 46.1 Å². The van der Waals surface area contributed by atoms with Crippen LogP contribution in [0, 0.1) is 24.6 Å². The summed E-state index contributed by atoms with van der Waals surface area (Å²) in [6, 6.07) is 4.92. The maximum absolute atomic E-state index is 13.7. The van der Waals surface area contributed by atoms with Crippen LogP contribution in [0.4, 0.5) is 4.39 Å². The van der Waals surface area contributed by atoms with Gasteiger partial charge in [0.2, 0.25) is 0 Å². The highest BCUT2D eigenvalue weighted by Crippen LogP contribution is 2.29. The lowest BCUT2D eigenvalue weighted by molar-refractivity contribution is 0.0906. The lowest BCUT2D eigenvalue weighted by Crippen LogP contribution is -2.40. The molecular weight excluding hydrogens is 241 g/mol. The van der Waals surface area contributed by atoms with Crippen LogP contribution in [0.3, 0.4) is 0 Å². The van der Waals surface area contributed by atoms with Gasteiger partial charge in [0, 0.05) is 6.04 Å². The second-order valence-corrected chi connectivity index (χ2v) is 5.92. The molecule has 1 aliphatic carbocycles. The molecule has 1 N–H and O–H groups in total. The number of aryl methyl sites for hydroxylation is 1. The van der Waals surface area contributed by atoms with Crippen molar-refractivity contribution in [3.8, 4) is 0 Å². The molecule has 1 fully saturated rings. The highest BCUT2D eigenvalue weighted by Gasteiger charge is 2.26. The van der Waals surface area contributed by atoms with Crippen molar-refractivity contribution in [2.75, 3.05) is 0 Å². The molecule has 3 heteroatoms. The standard InChI is InChI=1S/C16H22FNO/c1-10-4-7-14(15(17)8-10)16(19)18-13-6-5-11(2)12(3)9-13/h4,7-8,11-13H,5-6,9H2,1-3H3,(H,18,19). The van der Waals surface area contributed by atoms with Gasteiger partial charge in [0.25, 0.3) is 5.91 Å². The van der Waals surface area contributed by atoms with Crippen molar-refractivity contribution >= 4 is 5.91 Å². The van der Waals surface area contributed by atoms with E-state index in [2.05, 4.69) is 19.2 Å². The third kappa shape index (κ3) is 3.34. The predicted octanol–water partition coefficient (Wildman–Crippen LogP) is 3.69. The average Bonchev–Trinajstić information content (AvgIpc) is 2.33. The molecule has 1 amide bonds. The fraction of sp³-hybridized carbons (Fsp3) is 0.562. The molecule has 1 aromatic carbocycles. The Kier molecular flexibility index (Phi) is 4.23. The van der Waals surface area contributed by atoms with E-state index in [-0.39, 0.29) is 17.5 Å². The molecule has 0 heterocycles. The number of hydrogen-bond donors (Lipinski definition) is 1. The Balaban J connectivity index is 2.01. The van der Waals surface area contributed by atoms with Crippen LogP contribution in [-0.4, -0.2) is 11.9 Å². The monoisotopic (exact) mass is 263 g/mol. The van der Waals surface area contributed by atoms with E-state index in [0.717, 1.165) is 24.8 Å². The van der Waals surface area contributed by atoms with Crippen molar-refractivity contribution < 1.29 is 9.18 Å². The third-order valence-electron chi connectivity index (χ3n) is 4.30. The summed E-state index contributed by atoms with van der Waals surface area (Å²) in [6.07, 6.45) is 3.10. The number of nitrogens with one attached hydrogen (secondary N) is 1. The Morgan fingerprint density at radius 2 is 2.00 bits per heavy atom. The zero-order valence-electron chi connectivity index (χ0n) is 11.9. The van der Waals surface area contributed by atoms with Crippen molar-refractivity contribution in [1.29, 1.82) is 0 Å². The maximum atomic E-state index is 13.7. The number of halogens is 1. The van der Waals surface area contributed by atoms with Gasteiger partial charge in [0.05, 0.1) is 5.56 Å². The minimum absolute atomic E-state index is 0.150. The van der Waals surface area contributed by atoms with Gasteiger partial charge in [-0.3, -0.25) is 4.79 Å². The van der Waals surface area contributed by atoms with Crippen LogP contribution in [-0.2, 0) is 0 Å². The first-order chi connectivity index (χ1) is 8.97. The Morgan fingerprint density at radius 1 is 1.26 bits per heavy atom. The van der Waals surface area contributed by atoms with E-state index in [0.29, 0.717) is 11.8 Å². The van der Waals surface area contributed by atoms with E-state index in [1.165, 1.54) is 6.07 Å². The van der Waals surface area contributed by atoms with E-state index in [1.54, 1.807) is 12.1 Å². The molecule has 0 bridgehead atoms. The van der Waals surface area contributed by atoms with Crippen LogP contribution in [0.2, 0.25) is 0 Å². The van der Waals surface area contributed by atoms with Gasteiger partial charge in [-0.25, -0.2) is 4.39 Å². The maximum Gasteiger partial charge on any atom is 0.254 e. The summed E-state index contributed by atoms with van der Waals surface area (Å²) in [5.41, 5.74) is 0.978. The van der Waals surface area contributed by atoms with Crippen LogP contribution >= 0.6 is 0 Å². The van der Waals surface area contributed by atoms with Crippen LogP contribution in [0.5, 0.6) is 0 Å². The smallest absolute Gasteiger partial charge is 0.254 e. The van der Waals surface area contributed by atoms with Gasteiger partial charge in [-0.15, -0.1) is 0 Å². The minimum atomic E-state index is -0.435. The Morgan fingerprint density at radius 3 is 2.63 bits per heavy atom. The summed E-state index contributed by atoms with van der Waals surface area (Å²) in [7, 11) is 0. The summed E-state index contributed by atoms with van der Waals surface area (Å²) in [6.45, 7) is 6.28. The molecular formula is C16H22FNO.